The Labute approximate surface area is 124 Å². The summed E-state index contributed by atoms with van der Waals surface area (Å²) in [4.78, 5) is 0. The Morgan fingerprint density at radius 2 is 1.95 bits per heavy atom. The van der Waals surface area contributed by atoms with Crippen molar-refractivity contribution in [2.24, 2.45) is 0 Å². The standard InChI is InChI=1S/C15H11ClF3NO/c16-11-3-1-2-9(6-11)14-8-20-12-7-10(15(17,18)19)4-5-13(12)21-14/h1-7,14,20H,8H2. The second kappa shape index (κ2) is 5.15. The van der Waals surface area contributed by atoms with Crippen LogP contribution in [0, 0.1) is 0 Å². The first-order valence-electron chi connectivity index (χ1n) is 6.31. The zero-order chi connectivity index (χ0) is 15.0. The van der Waals surface area contributed by atoms with Gasteiger partial charge in [-0.3, -0.25) is 0 Å². The van der Waals surface area contributed by atoms with Gasteiger partial charge in [0.1, 0.15) is 11.9 Å². The van der Waals surface area contributed by atoms with Crippen molar-refractivity contribution in [3.8, 4) is 5.75 Å². The highest BCUT2D eigenvalue weighted by Crippen LogP contribution is 2.39. The molecule has 0 spiro atoms. The smallest absolute Gasteiger partial charge is 0.416 e. The molecule has 1 aliphatic rings. The van der Waals surface area contributed by atoms with E-state index in [0.717, 1.165) is 17.7 Å². The fourth-order valence-electron chi connectivity index (χ4n) is 2.24. The van der Waals surface area contributed by atoms with E-state index in [2.05, 4.69) is 5.32 Å². The molecule has 3 rings (SSSR count). The fourth-order valence-corrected chi connectivity index (χ4v) is 2.44. The summed E-state index contributed by atoms with van der Waals surface area (Å²) in [5.41, 5.74) is 0.530. The number of fused-ring (bicyclic) bond motifs is 1. The number of hydrogen-bond acceptors (Lipinski definition) is 2. The van der Waals surface area contributed by atoms with Crippen LogP contribution in [0.4, 0.5) is 18.9 Å². The molecule has 2 nitrogen and oxygen atoms in total. The second-order valence-electron chi connectivity index (χ2n) is 4.75. The molecule has 110 valence electrons. The van der Waals surface area contributed by atoms with Gasteiger partial charge in [-0.1, -0.05) is 23.7 Å². The Morgan fingerprint density at radius 3 is 2.67 bits per heavy atom. The zero-order valence-corrected chi connectivity index (χ0v) is 11.5. The first-order valence-corrected chi connectivity index (χ1v) is 6.68. The van der Waals surface area contributed by atoms with E-state index >= 15 is 0 Å². The van der Waals surface area contributed by atoms with Gasteiger partial charge in [-0.25, -0.2) is 0 Å². The van der Waals surface area contributed by atoms with Crippen molar-refractivity contribution in [2.75, 3.05) is 11.9 Å². The minimum Gasteiger partial charge on any atom is -0.482 e. The summed E-state index contributed by atoms with van der Waals surface area (Å²) in [6.07, 6.45) is -4.64. The number of anilines is 1. The SMILES string of the molecule is FC(F)(F)c1ccc2c(c1)NCC(c1cccc(Cl)c1)O2. The van der Waals surface area contributed by atoms with E-state index < -0.39 is 11.7 Å². The number of nitrogens with one attached hydrogen (secondary N) is 1. The summed E-state index contributed by atoms with van der Waals surface area (Å²) in [6.45, 7) is 0.384. The highest BCUT2D eigenvalue weighted by atomic mass is 35.5. The summed E-state index contributed by atoms with van der Waals surface area (Å²) >= 11 is 5.93. The monoisotopic (exact) mass is 313 g/mol. The van der Waals surface area contributed by atoms with Crippen molar-refractivity contribution in [3.63, 3.8) is 0 Å². The Morgan fingerprint density at radius 1 is 1.14 bits per heavy atom. The lowest BCUT2D eigenvalue weighted by Crippen LogP contribution is -2.24. The number of halogens is 4. The van der Waals surface area contributed by atoms with Crippen LogP contribution in [0.15, 0.2) is 42.5 Å². The molecule has 2 aromatic carbocycles. The van der Waals surface area contributed by atoms with Gasteiger partial charge in [-0.15, -0.1) is 0 Å². The van der Waals surface area contributed by atoms with Crippen LogP contribution in [0.2, 0.25) is 5.02 Å². The van der Waals surface area contributed by atoms with Crippen LogP contribution in [0.5, 0.6) is 5.75 Å². The Bertz CT molecular complexity index is 672. The van der Waals surface area contributed by atoms with Crippen molar-refractivity contribution in [1.29, 1.82) is 0 Å². The predicted octanol–water partition coefficient (Wildman–Crippen LogP) is 4.90. The largest absolute Gasteiger partial charge is 0.482 e. The third-order valence-corrected chi connectivity index (χ3v) is 3.51. The lowest BCUT2D eigenvalue weighted by atomic mass is 10.1. The van der Waals surface area contributed by atoms with Gasteiger partial charge in [-0.2, -0.15) is 13.2 Å². The Kier molecular flexibility index (Phi) is 3.45. The summed E-state index contributed by atoms with van der Waals surface area (Å²) < 4.78 is 43.7. The molecule has 0 aromatic heterocycles. The van der Waals surface area contributed by atoms with Crippen LogP contribution in [-0.4, -0.2) is 6.54 Å². The van der Waals surface area contributed by atoms with E-state index in [1.54, 1.807) is 12.1 Å². The maximum absolute atomic E-state index is 12.7. The van der Waals surface area contributed by atoms with Crippen LogP contribution < -0.4 is 10.1 Å². The Balaban J connectivity index is 1.86. The highest BCUT2D eigenvalue weighted by molar-refractivity contribution is 6.30. The number of hydrogen-bond donors (Lipinski definition) is 1. The average molecular weight is 314 g/mol. The molecule has 1 unspecified atom stereocenters. The Hall–Kier alpha value is -1.88. The topological polar surface area (TPSA) is 21.3 Å². The minimum atomic E-state index is -4.36. The molecule has 0 saturated carbocycles. The molecule has 1 heterocycles. The molecule has 21 heavy (non-hydrogen) atoms. The summed E-state index contributed by atoms with van der Waals surface area (Å²) in [7, 11) is 0. The second-order valence-corrected chi connectivity index (χ2v) is 5.19. The highest BCUT2D eigenvalue weighted by Gasteiger charge is 2.32. The molecule has 1 N–H and O–H groups in total. The summed E-state index contributed by atoms with van der Waals surface area (Å²) in [6, 6.07) is 10.6. The quantitative estimate of drug-likeness (QED) is 0.808. The maximum atomic E-state index is 12.7. The van der Waals surface area contributed by atoms with E-state index in [1.165, 1.54) is 6.07 Å². The van der Waals surface area contributed by atoms with Gasteiger partial charge < -0.3 is 10.1 Å². The molecule has 1 atom stereocenters. The van der Waals surface area contributed by atoms with Crippen molar-refractivity contribution < 1.29 is 17.9 Å². The van der Waals surface area contributed by atoms with Gasteiger partial charge in [0.2, 0.25) is 0 Å². The van der Waals surface area contributed by atoms with E-state index in [-0.39, 0.29) is 6.10 Å². The van der Waals surface area contributed by atoms with Gasteiger partial charge in [0.05, 0.1) is 17.8 Å². The van der Waals surface area contributed by atoms with E-state index in [1.807, 2.05) is 12.1 Å². The summed E-state index contributed by atoms with van der Waals surface area (Å²) in [5.74, 6) is 0.402. The van der Waals surface area contributed by atoms with Gasteiger partial charge in [0, 0.05) is 5.02 Å². The van der Waals surface area contributed by atoms with Crippen molar-refractivity contribution >= 4 is 17.3 Å². The minimum absolute atomic E-state index is 0.284. The van der Waals surface area contributed by atoms with Crippen molar-refractivity contribution in [1.82, 2.24) is 0 Å². The van der Waals surface area contributed by atoms with Gasteiger partial charge in [0.25, 0.3) is 0 Å². The molecule has 2 aromatic rings. The van der Waals surface area contributed by atoms with Gasteiger partial charge in [0.15, 0.2) is 0 Å². The van der Waals surface area contributed by atoms with E-state index in [0.29, 0.717) is 23.0 Å². The van der Waals surface area contributed by atoms with E-state index in [4.69, 9.17) is 16.3 Å². The number of alkyl halides is 3. The van der Waals surface area contributed by atoms with Crippen molar-refractivity contribution in [3.05, 3.63) is 58.6 Å². The molecule has 0 amide bonds. The summed E-state index contributed by atoms with van der Waals surface area (Å²) in [5, 5.41) is 3.57. The lowest BCUT2D eigenvalue weighted by Gasteiger charge is -2.28. The molecule has 1 aliphatic heterocycles. The number of ether oxygens (including phenoxy) is 1. The van der Waals surface area contributed by atoms with Crippen LogP contribution >= 0.6 is 11.6 Å². The first kappa shape index (κ1) is 14.1. The van der Waals surface area contributed by atoms with E-state index in [9.17, 15) is 13.2 Å². The number of benzene rings is 2. The fraction of sp³-hybridized carbons (Fsp3) is 0.200. The maximum Gasteiger partial charge on any atom is 0.416 e. The molecule has 6 heteroatoms. The molecular formula is C15H11ClF3NO. The molecule has 0 fully saturated rings. The third kappa shape index (κ3) is 2.93. The van der Waals surface area contributed by atoms with Crippen LogP contribution in [0.25, 0.3) is 0 Å². The molecule has 0 aliphatic carbocycles. The predicted molar refractivity (Wildman–Crippen MR) is 74.8 cm³/mol. The first-order chi connectivity index (χ1) is 9.93. The molecule has 0 bridgehead atoms. The van der Waals surface area contributed by atoms with Gasteiger partial charge in [-0.05, 0) is 35.9 Å². The third-order valence-electron chi connectivity index (χ3n) is 3.27. The lowest BCUT2D eigenvalue weighted by molar-refractivity contribution is -0.137. The molecule has 0 saturated heterocycles. The van der Waals surface area contributed by atoms with Crippen LogP contribution in [0.1, 0.15) is 17.2 Å². The number of rotatable bonds is 1. The zero-order valence-electron chi connectivity index (χ0n) is 10.7. The van der Waals surface area contributed by atoms with Crippen LogP contribution in [0.3, 0.4) is 0 Å². The average Bonchev–Trinajstić information content (AvgIpc) is 2.45. The molecule has 0 radical (unpaired) electrons. The van der Waals surface area contributed by atoms with Gasteiger partial charge >= 0.3 is 6.18 Å². The van der Waals surface area contributed by atoms with Crippen LogP contribution in [-0.2, 0) is 6.18 Å². The molecular weight excluding hydrogens is 303 g/mol. The van der Waals surface area contributed by atoms with Crippen molar-refractivity contribution in [2.45, 2.75) is 12.3 Å². The normalized spacial score (nSPS) is 17.6.